The van der Waals surface area contributed by atoms with Crippen LogP contribution in [0.25, 0.3) is 0 Å². The number of nitrogens with zero attached hydrogens (tertiary/aromatic N) is 1. The van der Waals surface area contributed by atoms with Gasteiger partial charge in [0.15, 0.2) is 6.10 Å². The summed E-state index contributed by atoms with van der Waals surface area (Å²) >= 11 is 0. The molecule has 0 saturated heterocycles. The van der Waals surface area contributed by atoms with Crippen molar-refractivity contribution in [2.45, 2.75) is 155 Å². The molecule has 0 radical (unpaired) electrons. The SMILES string of the molecule is CCCCC/C=C\C/C=C\C/C=C\CCCCC(=O)OC[C@H](COP(=O)(O)OCC[N+](C)(C)C)OC(=O)CCCCCCC/C=C\CCCCC. The molecule has 1 N–H and O–H groups in total. The first-order valence-corrected chi connectivity index (χ1v) is 21.4. The van der Waals surface area contributed by atoms with Crippen LogP contribution in [0.4, 0.5) is 0 Å². The number of quaternary nitrogens is 1. The Hall–Kier alpha value is -2.03. The second-order valence-corrected chi connectivity index (χ2v) is 15.8. The molecule has 0 spiro atoms. The summed E-state index contributed by atoms with van der Waals surface area (Å²) in [6.45, 7) is 4.29. The van der Waals surface area contributed by atoms with Crippen LogP contribution in [0.5, 0.6) is 0 Å². The van der Waals surface area contributed by atoms with Gasteiger partial charge in [0.1, 0.15) is 19.8 Å². The van der Waals surface area contributed by atoms with Gasteiger partial charge in [-0.25, -0.2) is 4.57 Å². The van der Waals surface area contributed by atoms with Crippen molar-refractivity contribution in [1.82, 2.24) is 0 Å². The number of phosphoric acid groups is 1. The second kappa shape index (κ2) is 33.8. The minimum absolute atomic E-state index is 0.0225. The van der Waals surface area contributed by atoms with E-state index in [9.17, 15) is 19.0 Å². The Kier molecular flexibility index (Phi) is 32.4. The van der Waals surface area contributed by atoms with Gasteiger partial charge in [0.05, 0.1) is 27.7 Å². The minimum atomic E-state index is -4.38. The molecule has 0 aliphatic carbocycles. The summed E-state index contributed by atoms with van der Waals surface area (Å²) in [6.07, 6.45) is 37.3. The first kappa shape index (κ1) is 49.0. The van der Waals surface area contributed by atoms with Crippen molar-refractivity contribution in [3.05, 3.63) is 48.6 Å². The lowest BCUT2D eigenvalue weighted by Crippen LogP contribution is -2.37. The minimum Gasteiger partial charge on any atom is -0.462 e. The Morgan fingerprint density at radius 1 is 0.608 bits per heavy atom. The monoisotopic (exact) mass is 741 g/mol. The van der Waals surface area contributed by atoms with E-state index in [4.69, 9.17) is 18.5 Å². The van der Waals surface area contributed by atoms with Gasteiger partial charge in [0, 0.05) is 12.8 Å². The van der Waals surface area contributed by atoms with Gasteiger partial charge < -0.3 is 18.9 Å². The van der Waals surface area contributed by atoms with E-state index < -0.39 is 32.5 Å². The highest BCUT2D eigenvalue weighted by molar-refractivity contribution is 7.47. The molecule has 296 valence electrons. The lowest BCUT2D eigenvalue weighted by atomic mass is 10.1. The van der Waals surface area contributed by atoms with Crippen LogP contribution in [-0.2, 0) is 32.7 Å². The maximum absolute atomic E-state index is 12.6. The topological polar surface area (TPSA) is 108 Å². The molecule has 0 aromatic heterocycles. The standard InChI is InChI=1S/C41H74NO8P/c1-6-8-10-12-14-16-18-20-21-22-24-25-27-29-31-33-40(43)47-37-39(38-49-51(45,46)48-36-35-42(3,4)5)50-41(44)34-32-30-28-26-23-19-17-15-13-11-9-7-2/h14-17,20-21,24-25,39H,6-13,18-19,22-23,26-38H2,1-5H3/p+1/b16-14-,17-15-,21-20-,25-24-/t39-/m1/s1. The summed E-state index contributed by atoms with van der Waals surface area (Å²) in [5.41, 5.74) is 0. The fourth-order valence-electron chi connectivity index (χ4n) is 4.89. The molecule has 0 bridgehead atoms. The van der Waals surface area contributed by atoms with Gasteiger partial charge in [-0.2, -0.15) is 0 Å². The molecule has 0 fully saturated rings. The molecule has 0 aromatic carbocycles. The zero-order valence-electron chi connectivity index (χ0n) is 33.1. The molecule has 1 unspecified atom stereocenters. The summed E-state index contributed by atoms with van der Waals surface area (Å²) in [5, 5.41) is 0. The summed E-state index contributed by atoms with van der Waals surface area (Å²) in [5.74, 6) is -0.859. The number of hydrogen-bond donors (Lipinski definition) is 1. The van der Waals surface area contributed by atoms with Crippen molar-refractivity contribution in [1.29, 1.82) is 0 Å². The largest absolute Gasteiger partial charge is 0.472 e. The number of likely N-dealkylation sites (N-methyl/N-ethyl adjacent to an activating group) is 1. The quantitative estimate of drug-likeness (QED) is 0.0225. The van der Waals surface area contributed by atoms with E-state index in [0.717, 1.165) is 70.6 Å². The van der Waals surface area contributed by atoms with Crippen molar-refractivity contribution < 1.29 is 42.1 Å². The number of carbonyl (C=O) groups is 2. The molecule has 51 heavy (non-hydrogen) atoms. The van der Waals surface area contributed by atoms with E-state index in [0.29, 0.717) is 23.9 Å². The van der Waals surface area contributed by atoms with Crippen LogP contribution < -0.4 is 0 Å². The zero-order chi connectivity index (χ0) is 37.9. The number of allylic oxidation sites excluding steroid dienone is 8. The van der Waals surface area contributed by atoms with Gasteiger partial charge in [-0.15, -0.1) is 0 Å². The lowest BCUT2D eigenvalue weighted by molar-refractivity contribution is -0.870. The predicted octanol–water partition coefficient (Wildman–Crippen LogP) is 10.7. The first-order valence-electron chi connectivity index (χ1n) is 19.9. The third kappa shape index (κ3) is 37.5. The summed E-state index contributed by atoms with van der Waals surface area (Å²) < 4.78 is 34.1. The smallest absolute Gasteiger partial charge is 0.462 e. The molecular weight excluding hydrogens is 665 g/mol. The highest BCUT2D eigenvalue weighted by atomic mass is 31.2. The number of carbonyl (C=O) groups excluding carboxylic acids is 2. The third-order valence-electron chi connectivity index (χ3n) is 8.08. The number of rotatable bonds is 35. The number of unbranched alkanes of at least 4 members (excludes halogenated alkanes) is 13. The molecule has 2 atom stereocenters. The molecule has 0 aliphatic rings. The molecule has 0 aliphatic heterocycles. The van der Waals surface area contributed by atoms with Gasteiger partial charge in [-0.3, -0.25) is 18.6 Å². The summed E-state index contributed by atoms with van der Waals surface area (Å²) in [6, 6.07) is 0. The average molecular weight is 741 g/mol. The van der Waals surface area contributed by atoms with Crippen molar-refractivity contribution in [2.75, 3.05) is 47.5 Å². The molecular formula is C41H75NO8P+. The van der Waals surface area contributed by atoms with E-state index in [2.05, 4.69) is 62.5 Å². The van der Waals surface area contributed by atoms with Gasteiger partial charge in [0.2, 0.25) is 0 Å². The Morgan fingerprint density at radius 3 is 1.63 bits per heavy atom. The van der Waals surface area contributed by atoms with E-state index in [1.54, 1.807) is 0 Å². The van der Waals surface area contributed by atoms with Gasteiger partial charge in [0.25, 0.3) is 0 Å². The van der Waals surface area contributed by atoms with E-state index in [1.165, 1.54) is 38.5 Å². The fourth-order valence-corrected chi connectivity index (χ4v) is 5.64. The van der Waals surface area contributed by atoms with Crippen LogP contribution in [0.2, 0.25) is 0 Å². The molecule has 9 nitrogen and oxygen atoms in total. The normalized spacial score (nSPS) is 14.2. The molecule has 0 aromatic rings. The number of ether oxygens (including phenoxy) is 2. The number of hydrogen-bond acceptors (Lipinski definition) is 7. The Morgan fingerprint density at radius 2 is 1.06 bits per heavy atom. The Bertz CT molecular complexity index is 1020. The van der Waals surface area contributed by atoms with Crippen LogP contribution in [0.3, 0.4) is 0 Å². The Balaban J connectivity index is 4.51. The number of esters is 2. The van der Waals surface area contributed by atoms with E-state index >= 15 is 0 Å². The average Bonchev–Trinajstić information content (AvgIpc) is 3.07. The van der Waals surface area contributed by atoms with Crippen LogP contribution in [0.15, 0.2) is 48.6 Å². The van der Waals surface area contributed by atoms with Crippen molar-refractivity contribution in [3.63, 3.8) is 0 Å². The summed E-state index contributed by atoms with van der Waals surface area (Å²) in [4.78, 5) is 35.2. The molecule has 0 rings (SSSR count). The van der Waals surface area contributed by atoms with Crippen molar-refractivity contribution in [3.8, 4) is 0 Å². The maximum atomic E-state index is 12.6. The van der Waals surface area contributed by atoms with E-state index in [1.807, 2.05) is 21.1 Å². The molecule has 0 saturated carbocycles. The highest BCUT2D eigenvalue weighted by Gasteiger charge is 2.27. The first-order chi connectivity index (χ1) is 24.5. The lowest BCUT2D eigenvalue weighted by Gasteiger charge is -2.24. The van der Waals surface area contributed by atoms with Gasteiger partial charge >= 0.3 is 19.8 Å². The predicted molar refractivity (Wildman–Crippen MR) is 210 cm³/mol. The van der Waals surface area contributed by atoms with E-state index in [-0.39, 0.29) is 26.1 Å². The molecule has 0 amide bonds. The van der Waals surface area contributed by atoms with Crippen LogP contribution in [0, 0.1) is 0 Å². The molecule has 0 heterocycles. The third-order valence-corrected chi connectivity index (χ3v) is 9.07. The fraction of sp³-hybridized carbons (Fsp3) is 0.756. The van der Waals surface area contributed by atoms with Gasteiger partial charge in [-0.05, 0) is 77.0 Å². The molecule has 10 heteroatoms. The Labute approximate surface area is 312 Å². The zero-order valence-corrected chi connectivity index (χ0v) is 34.0. The summed E-state index contributed by atoms with van der Waals surface area (Å²) in [7, 11) is 1.44. The van der Waals surface area contributed by atoms with Crippen molar-refractivity contribution in [2.24, 2.45) is 0 Å². The maximum Gasteiger partial charge on any atom is 0.472 e. The highest BCUT2D eigenvalue weighted by Crippen LogP contribution is 2.43. The van der Waals surface area contributed by atoms with Crippen LogP contribution >= 0.6 is 7.82 Å². The van der Waals surface area contributed by atoms with Crippen LogP contribution in [-0.4, -0.2) is 74.9 Å². The van der Waals surface area contributed by atoms with Crippen molar-refractivity contribution >= 4 is 19.8 Å². The van der Waals surface area contributed by atoms with Crippen LogP contribution in [0.1, 0.15) is 149 Å². The van der Waals surface area contributed by atoms with Gasteiger partial charge in [-0.1, -0.05) is 107 Å². The second-order valence-electron chi connectivity index (χ2n) is 14.3. The number of phosphoric ester groups is 1.